The summed E-state index contributed by atoms with van der Waals surface area (Å²) in [5.41, 5.74) is 3.05. The average Bonchev–Trinajstić information content (AvgIpc) is 3.00. The van der Waals surface area contributed by atoms with E-state index in [1.807, 2.05) is 54.6 Å². The number of amides is 1. The van der Waals surface area contributed by atoms with Crippen LogP contribution in [0.1, 0.15) is 38.2 Å². The van der Waals surface area contributed by atoms with Gasteiger partial charge in [0.05, 0.1) is 32.2 Å². The van der Waals surface area contributed by atoms with Crippen LogP contribution in [0.15, 0.2) is 54.6 Å². The van der Waals surface area contributed by atoms with Gasteiger partial charge in [-0.2, -0.15) is 0 Å². The predicted molar refractivity (Wildman–Crippen MR) is 153 cm³/mol. The second-order valence-corrected chi connectivity index (χ2v) is 10.7. The van der Waals surface area contributed by atoms with Crippen LogP contribution in [-0.2, 0) is 35.0 Å². The van der Waals surface area contributed by atoms with Gasteiger partial charge in [-0.25, -0.2) is 0 Å². The fourth-order valence-electron chi connectivity index (χ4n) is 4.76. The van der Waals surface area contributed by atoms with E-state index in [0.717, 1.165) is 16.7 Å². The van der Waals surface area contributed by atoms with Gasteiger partial charge in [-0.15, -0.1) is 0 Å². The molecule has 2 aromatic rings. The topological polar surface area (TPSA) is 192 Å². The highest BCUT2D eigenvalue weighted by Gasteiger charge is 2.43. The van der Waals surface area contributed by atoms with Crippen LogP contribution in [0.25, 0.3) is 11.1 Å². The van der Waals surface area contributed by atoms with Crippen LogP contribution in [0.4, 0.5) is 0 Å². The van der Waals surface area contributed by atoms with Gasteiger partial charge >= 0.3 is 11.9 Å². The number of aliphatic hydroxyl groups excluding tert-OH is 4. The SMILES string of the molecule is C[C@H](C[C@@H](Cc1ccc(-c2ccccc2)cc1)NC(=O)CCC(=O)O)C(=O)OCCCO[C@@H]1O[C@H](CO)C(O)[C@H](O)C1O. The molecular weight excluding hydrogens is 562 g/mol. The van der Waals surface area contributed by atoms with Gasteiger partial charge in [-0.1, -0.05) is 61.5 Å². The zero-order valence-corrected chi connectivity index (χ0v) is 24.1. The van der Waals surface area contributed by atoms with E-state index in [2.05, 4.69) is 5.32 Å². The van der Waals surface area contributed by atoms with E-state index in [1.165, 1.54) is 0 Å². The lowest BCUT2D eigenvalue weighted by Gasteiger charge is -2.39. The highest BCUT2D eigenvalue weighted by molar-refractivity contribution is 5.81. The monoisotopic (exact) mass is 603 g/mol. The Hall–Kier alpha value is -3.39. The number of carboxylic acids is 1. The molecule has 3 rings (SSSR count). The molecule has 1 saturated heterocycles. The van der Waals surface area contributed by atoms with Crippen molar-refractivity contribution in [2.45, 2.75) is 75.8 Å². The number of aliphatic carboxylic acids is 1. The Morgan fingerprint density at radius 1 is 0.907 bits per heavy atom. The summed E-state index contributed by atoms with van der Waals surface area (Å²) in [5, 5.41) is 50.8. The molecule has 1 aliphatic heterocycles. The Balaban J connectivity index is 1.50. The molecule has 0 bridgehead atoms. The quantitative estimate of drug-likeness (QED) is 0.119. The van der Waals surface area contributed by atoms with Gasteiger partial charge in [0.2, 0.25) is 5.91 Å². The molecule has 0 aliphatic carbocycles. The minimum absolute atomic E-state index is 0.00280. The molecule has 1 heterocycles. The van der Waals surface area contributed by atoms with Gasteiger partial charge in [-0.05, 0) is 29.5 Å². The minimum Gasteiger partial charge on any atom is -0.481 e. The molecule has 0 spiro atoms. The summed E-state index contributed by atoms with van der Waals surface area (Å²) < 4.78 is 16.0. The van der Waals surface area contributed by atoms with E-state index in [9.17, 15) is 34.8 Å². The molecule has 0 aromatic heterocycles. The van der Waals surface area contributed by atoms with E-state index < -0.39 is 67.1 Å². The Morgan fingerprint density at radius 2 is 1.58 bits per heavy atom. The van der Waals surface area contributed by atoms with Crippen molar-refractivity contribution in [2.75, 3.05) is 19.8 Å². The number of hydrogen-bond donors (Lipinski definition) is 6. The highest BCUT2D eigenvalue weighted by atomic mass is 16.7. The first-order valence-electron chi connectivity index (χ1n) is 14.3. The summed E-state index contributed by atoms with van der Waals surface area (Å²) in [4.78, 5) is 36.0. The number of benzene rings is 2. The number of carboxylic acid groups (broad SMARTS) is 1. The van der Waals surface area contributed by atoms with E-state index >= 15 is 0 Å². The molecule has 1 fully saturated rings. The molecule has 1 aliphatic rings. The number of hydrogen-bond acceptors (Lipinski definition) is 10. The van der Waals surface area contributed by atoms with Crippen molar-refractivity contribution < 1.29 is 54.1 Å². The zero-order chi connectivity index (χ0) is 31.4. The Kier molecular flexibility index (Phi) is 13.5. The first-order valence-corrected chi connectivity index (χ1v) is 14.3. The largest absolute Gasteiger partial charge is 0.481 e. The van der Waals surface area contributed by atoms with Gasteiger partial charge in [0.1, 0.15) is 24.4 Å². The van der Waals surface area contributed by atoms with Crippen LogP contribution in [0.2, 0.25) is 0 Å². The molecular formula is C31H41NO11. The molecule has 12 heteroatoms. The number of carbonyl (C=O) groups excluding carboxylic acids is 2. The van der Waals surface area contributed by atoms with Crippen LogP contribution in [0.5, 0.6) is 0 Å². The molecule has 6 N–H and O–H groups in total. The third-order valence-corrected chi connectivity index (χ3v) is 7.18. The van der Waals surface area contributed by atoms with Crippen LogP contribution in [-0.4, -0.2) is 99.9 Å². The maximum absolute atomic E-state index is 12.7. The number of esters is 1. The smallest absolute Gasteiger partial charge is 0.308 e. The van der Waals surface area contributed by atoms with Crippen LogP contribution in [0.3, 0.4) is 0 Å². The van der Waals surface area contributed by atoms with Crippen molar-refractivity contribution in [3.05, 3.63) is 60.2 Å². The van der Waals surface area contributed by atoms with Gasteiger partial charge in [0.25, 0.3) is 0 Å². The Labute approximate surface area is 250 Å². The molecule has 236 valence electrons. The third-order valence-electron chi connectivity index (χ3n) is 7.18. The van der Waals surface area contributed by atoms with E-state index in [0.29, 0.717) is 6.42 Å². The number of rotatable bonds is 16. The second-order valence-electron chi connectivity index (χ2n) is 10.7. The lowest BCUT2D eigenvalue weighted by Crippen LogP contribution is -2.59. The summed E-state index contributed by atoms with van der Waals surface area (Å²) in [6, 6.07) is 17.3. The first-order chi connectivity index (χ1) is 20.6. The van der Waals surface area contributed by atoms with E-state index in [1.54, 1.807) is 6.92 Å². The fraction of sp³-hybridized carbons (Fsp3) is 0.516. The fourth-order valence-corrected chi connectivity index (χ4v) is 4.76. The minimum atomic E-state index is -1.55. The Morgan fingerprint density at radius 3 is 2.23 bits per heavy atom. The summed E-state index contributed by atoms with van der Waals surface area (Å²) in [5.74, 6) is -2.56. The van der Waals surface area contributed by atoms with Crippen molar-refractivity contribution in [2.24, 2.45) is 5.92 Å². The van der Waals surface area contributed by atoms with Crippen LogP contribution < -0.4 is 5.32 Å². The number of carbonyl (C=O) groups is 3. The van der Waals surface area contributed by atoms with Gasteiger partial charge in [-0.3, -0.25) is 14.4 Å². The predicted octanol–water partition coefficient (Wildman–Crippen LogP) is 1.02. The van der Waals surface area contributed by atoms with E-state index in [-0.39, 0.29) is 38.9 Å². The van der Waals surface area contributed by atoms with Crippen molar-refractivity contribution in [3.63, 3.8) is 0 Å². The number of nitrogens with one attached hydrogen (secondary N) is 1. The molecule has 1 amide bonds. The molecule has 12 nitrogen and oxygen atoms in total. The standard InChI is InChI=1S/C31H41NO11/c1-19(30(40)41-14-5-15-42-31-29(39)28(38)27(37)24(18-33)43-31)16-23(32-25(34)12-13-26(35)36)17-20-8-10-22(11-9-20)21-6-3-2-4-7-21/h2-4,6-11,19,23-24,27-29,31,33,37-39H,5,12-18H2,1H3,(H,32,34)(H,35,36)/t19-,23+,24-,27?,28+,29?,31-/m1/s1. The molecule has 2 aromatic carbocycles. The molecule has 43 heavy (non-hydrogen) atoms. The van der Waals surface area contributed by atoms with Crippen LogP contribution in [0, 0.1) is 5.92 Å². The zero-order valence-electron chi connectivity index (χ0n) is 24.1. The maximum atomic E-state index is 12.7. The highest BCUT2D eigenvalue weighted by Crippen LogP contribution is 2.23. The normalized spacial score (nSPS) is 23.2. The summed E-state index contributed by atoms with van der Waals surface area (Å²) >= 11 is 0. The van der Waals surface area contributed by atoms with Crippen molar-refractivity contribution in [1.29, 1.82) is 0 Å². The van der Waals surface area contributed by atoms with E-state index in [4.69, 9.17) is 19.3 Å². The van der Waals surface area contributed by atoms with Crippen molar-refractivity contribution in [1.82, 2.24) is 5.32 Å². The van der Waals surface area contributed by atoms with Crippen molar-refractivity contribution >= 4 is 17.8 Å². The van der Waals surface area contributed by atoms with Crippen molar-refractivity contribution in [3.8, 4) is 11.1 Å². The third kappa shape index (κ3) is 10.7. The molecule has 0 radical (unpaired) electrons. The molecule has 2 unspecified atom stereocenters. The molecule has 0 saturated carbocycles. The first kappa shape index (κ1) is 34.1. The summed E-state index contributed by atoms with van der Waals surface area (Å²) in [7, 11) is 0. The number of ether oxygens (including phenoxy) is 3. The average molecular weight is 604 g/mol. The molecule has 7 atom stereocenters. The number of aliphatic hydroxyl groups is 4. The van der Waals surface area contributed by atoms with Crippen LogP contribution >= 0.6 is 0 Å². The maximum Gasteiger partial charge on any atom is 0.308 e. The second kappa shape index (κ2) is 17.0. The Bertz CT molecular complexity index is 1160. The van der Waals surface area contributed by atoms with Gasteiger partial charge in [0, 0.05) is 18.9 Å². The van der Waals surface area contributed by atoms with Gasteiger partial charge in [0.15, 0.2) is 6.29 Å². The summed E-state index contributed by atoms with van der Waals surface area (Å²) in [6.07, 6.45) is -6.43. The lowest BCUT2D eigenvalue weighted by atomic mass is 9.94. The summed E-state index contributed by atoms with van der Waals surface area (Å²) in [6.45, 7) is 1.12. The van der Waals surface area contributed by atoms with Gasteiger partial charge < -0.3 is 45.1 Å². The lowest BCUT2D eigenvalue weighted by molar-refractivity contribution is -0.301.